The van der Waals surface area contributed by atoms with Crippen LogP contribution in [0.1, 0.15) is 53.8 Å². The predicted molar refractivity (Wildman–Crippen MR) is 145 cm³/mol. The average Bonchev–Trinajstić information content (AvgIpc) is 3.16. The Kier molecular flexibility index (Phi) is 6.92. The number of carbonyl (C=O) groups is 1. The Morgan fingerprint density at radius 2 is 1.65 bits per heavy atom. The van der Waals surface area contributed by atoms with E-state index in [1.54, 1.807) is 6.20 Å². The summed E-state index contributed by atoms with van der Waals surface area (Å²) in [6, 6.07) is 12.1. The van der Waals surface area contributed by atoms with Crippen LogP contribution in [-0.2, 0) is 13.1 Å². The van der Waals surface area contributed by atoms with E-state index in [-0.39, 0.29) is 5.91 Å². The van der Waals surface area contributed by atoms with Gasteiger partial charge in [0.1, 0.15) is 0 Å². The maximum absolute atomic E-state index is 13.1. The number of amides is 1. The third-order valence-electron chi connectivity index (χ3n) is 7.43. The molecule has 8 nitrogen and oxygen atoms in total. The molecule has 4 aromatic rings. The van der Waals surface area contributed by atoms with Crippen molar-refractivity contribution in [3.8, 4) is 11.1 Å². The zero-order valence-electron chi connectivity index (χ0n) is 21.1. The fourth-order valence-electron chi connectivity index (χ4n) is 5.20. The molecular weight excluding hydrogens is 462 g/mol. The smallest absolute Gasteiger partial charge is 0.276 e. The highest BCUT2D eigenvalue weighted by atomic mass is 16.1. The van der Waals surface area contributed by atoms with Crippen LogP contribution in [0, 0.1) is 0 Å². The van der Waals surface area contributed by atoms with Crippen molar-refractivity contribution in [2.24, 2.45) is 0 Å². The Morgan fingerprint density at radius 3 is 2.41 bits per heavy atom. The van der Waals surface area contributed by atoms with Crippen LogP contribution in [0.4, 0.5) is 5.69 Å². The topological polar surface area (TPSA) is 90.0 Å². The third kappa shape index (κ3) is 5.55. The molecule has 1 aromatic carbocycles. The summed E-state index contributed by atoms with van der Waals surface area (Å²) in [5.41, 5.74) is 6.15. The normalized spacial score (nSPS) is 16.9. The maximum Gasteiger partial charge on any atom is 0.276 e. The van der Waals surface area contributed by atoms with Gasteiger partial charge >= 0.3 is 0 Å². The molecule has 0 atom stereocenters. The molecule has 0 aliphatic carbocycles. The molecule has 2 N–H and O–H groups in total. The molecule has 190 valence electrons. The fourth-order valence-corrected chi connectivity index (χ4v) is 5.20. The molecule has 0 spiro atoms. The van der Waals surface area contributed by atoms with Crippen molar-refractivity contribution in [1.82, 2.24) is 30.0 Å². The highest BCUT2D eigenvalue weighted by Crippen LogP contribution is 2.27. The molecule has 37 heavy (non-hydrogen) atoms. The van der Waals surface area contributed by atoms with E-state index in [4.69, 9.17) is 0 Å². The van der Waals surface area contributed by atoms with Crippen LogP contribution >= 0.6 is 0 Å². The van der Waals surface area contributed by atoms with E-state index in [9.17, 15) is 4.79 Å². The minimum atomic E-state index is -0.256. The number of pyridine rings is 2. The summed E-state index contributed by atoms with van der Waals surface area (Å²) in [5, 5.41) is 11.0. The first-order chi connectivity index (χ1) is 18.2. The van der Waals surface area contributed by atoms with Gasteiger partial charge in [-0.3, -0.25) is 29.7 Å². The first-order valence-corrected chi connectivity index (χ1v) is 13.3. The maximum atomic E-state index is 13.1. The molecule has 0 unspecified atom stereocenters. The molecule has 8 heteroatoms. The average molecular weight is 496 g/mol. The van der Waals surface area contributed by atoms with Gasteiger partial charge in [0.2, 0.25) is 0 Å². The number of rotatable bonds is 7. The molecule has 0 saturated carbocycles. The summed E-state index contributed by atoms with van der Waals surface area (Å²) in [6.07, 6.45) is 12.0. The van der Waals surface area contributed by atoms with Gasteiger partial charge in [-0.15, -0.1) is 0 Å². The number of fused-ring (bicyclic) bond motifs is 1. The van der Waals surface area contributed by atoms with Crippen LogP contribution in [0.5, 0.6) is 0 Å². The number of nitrogens with one attached hydrogen (secondary N) is 2. The Balaban J connectivity index is 1.18. The summed E-state index contributed by atoms with van der Waals surface area (Å²) in [6.45, 7) is 6.35. The molecule has 6 rings (SSSR count). The van der Waals surface area contributed by atoms with Crippen molar-refractivity contribution in [2.75, 3.05) is 31.5 Å². The molecule has 2 aliphatic rings. The minimum absolute atomic E-state index is 0.256. The molecule has 0 radical (unpaired) electrons. The number of anilines is 1. The number of hydrogen-bond donors (Lipinski definition) is 2. The molecule has 2 aliphatic heterocycles. The highest BCUT2D eigenvalue weighted by molar-refractivity contribution is 6.11. The van der Waals surface area contributed by atoms with Crippen LogP contribution in [0.3, 0.4) is 0 Å². The van der Waals surface area contributed by atoms with Crippen molar-refractivity contribution < 1.29 is 4.79 Å². The van der Waals surface area contributed by atoms with Crippen LogP contribution < -0.4 is 5.32 Å². The number of hydrogen-bond acceptors (Lipinski definition) is 6. The molecule has 2 fully saturated rings. The van der Waals surface area contributed by atoms with Crippen molar-refractivity contribution in [3.05, 3.63) is 71.9 Å². The summed E-state index contributed by atoms with van der Waals surface area (Å²) in [4.78, 5) is 27.0. The molecule has 2 saturated heterocycles. The van der Waals surface area contributed by atoms with Gasteiger partial charge in [-0.05, 0) is 86.9 Å². The number of likely N-dealkylation sites (tertiary alicyclic amines) is 2. The zero-order valence-corrected chi connectivity index (χ0v) is 21.1. The first kappa shape index (κ1) is 23.8. The second kappa shape index (κ2) is 10.8. The summed E-state index contributed by atoms with van der Waals surface area (Å²) in [5.74, 6) is -0.256. The lowest BCUT2D eigenvalue weighted by Gasteiger charge is -2.30. The van der Waals surface area contributed by atoms with Gasteiger partial charge < -0.3 is 5.32 Å². The van der Waals surface area contributed by atoms with E-state index in [1.807, 2.05) is 36.7 Å². The first-order valence-electron chi connectivity index (χ1n) is 13.3. The quantitative estimate of drug-likeness (QED) is 0.381. The zero-order chi connectivity index (χ0) is 25.0. The number of H-pyrrole nitrogens is 1. The van der Waals surface area contributed by atoms with Crippen molar-refractivity contribution in [2.45, 2.75) is 45.2 Å². The largest absolute Gasteiger partial charge is 0.319 e. The number of nitrogens with zero attached hydrogens (tertiary/aromatic N) is 5. The molecule has 0 bridgehead atoms. The second-order valence-corrected chi connectivity index (χ2v) is 10.2. The van der Waals surface area contributed by atoms with Crippen LogP contribution in [0.15, 0.2) is 55.0 Å². The summed E-state index contributed by atoms with van der Waals surface area (Å²) in [7, 11) is 0. The Labute approximate surface area is 217 Å². The van der Waals surface area contributed by atoms with Gasteiger partial charge in [0.15, 0.2) is 5.69 Å². The van der Waals surface area contributed by atoms with Crippen LogP contribution in [0.2, 0.25) is 0 Å². The molecule has 1 amide bonds. The third-order valence-corrected chi connectivity index (χ3v) is 7.43. The lowest BCUT2D eigenvalue weighted by atomic mass is 10.0. The predicted octanol–water partition coefficient (Wildman–Crippen LogP) is 4.85. The minimum Gasteiger partial charge on any atom is -0.319 e. The number of aromatic amines is 1. The summed E-state index contributed by atoms with van der Waals surface area (Å²) < 4.78 is 0. The fraction of sp³-hybridized carbons (Fsp3) is 0.379. The van der Waals surface area contributed by atoms with Crippen molar-refractivity contribution in [1.29, 1.82) is 0 Å². The summed E-state index contributed by atoms with van der Waals surface area (Å²) >= 11 is 0. The highest BCUT2D eigenvalue weighted by Gasteiger charge is 2.17. The Bertz CT molecular complexity index is 1370. The van der Waals surface area contributed by atoms with Gasteiger partial charge in [0, 0.05) is 36.4 Å². The molecule has 3 aromatic heterocycles. The lowest BCUT2D eigenvalue weighted by Crippen LogP contribution is -2.36. The number of carbonyl (C=O) groups excluding carboxylic acids is 1. The van der Waals surface area contributed by atoms with Gasteiger partial charge in [0.05, 0.1) is 23.1 Å². The Hall–Kier alpha value is -3.62. The van der Waals surface area contributed by atoms with Crippen LogP contribution in [-0.4, -0.2) is 62.1 Å². The van der Waals surface area contributed by atoms with E-state index < -0.39 is 0 Å². The SMILES string of the molecule is O=C(Nc1ccc(CN2CCC2)nc1)c1n[nH]c2ccc(-c3cncc(CN4CCCCCC4)c3)cc12. The second-order valence-electron chi connectivity index (χ2n) is 10.2. The standard InChI is InChI=1S/C29H33N7O/c37-29(32-24-7-8-25(31-18-24)20-36-12-5-13-36)28-26-15-22(6-9-27(26)33-34-28)23-14-21(16-30-17-23)19-35-10-3-1-2-4-11-35/h6-9,14-18H,1-5,10-13,19-20H2,(H,32,37)(H,33,34). The van der Waals surface area contributed by atoms with Gasteiger partial charge in [0.25, 0.3) is 5.91 Å². The van der Waals surface area contributed by atoms with E-state index >= 15 is 0 Å². The van der Waals surface area contributed by atoms with Gasteiger partial charge in [-0.2, -0.15) is 5.10 Å². The Morgan fingerprint density at radius 1 is 0.838 bits per heavy atom. The molecular formula is C29H33N7O. The van der Waals surface area contributed by atoms with Gasteiger partial charge in [-0.1, -0.05) is 18.9 Å². The number of aromatic nitrogens is 4. The van der Waals surface area contributed by atoms with Gasteiger partial charge in [-0.25, -0.2) is 0 Å². The van der Waals surface area contributed by atoms with E-state index in [0.29, 0.717) is 11.4 Å². The van der Waals surface area contributed by atoms with Crippen LogP contribution in [0.25, 0.3) is 22.0 Å². The van der Waals surface area contributed by atoms with E-state index in [2.05, 4.69) is 47.4 Å². The molecule has 5 heterocycles. The van der Waals surface area contributed by atoms with E-state index in [1.165, 1.54) is 37.7 Å². The number of benzene rings is 1. The lowest BCUT2D eigenvalue weighted by molar-refractivity contribution is 0.102. The monoisotopic (exact) mass is 495 g/mol. The van der Waals surface area contributed by atoms with Crippen molar-refractivity contribution in [3.63, 3.8) is 0 Å². The van der Waals surface area contributed by atoms with Crippen molar-refractivity contribution >= 4 is 22.5 Å². The van der Waals surface area contributed by atoms with E-state index in [0.717, 1.165) is 67.0 Å².